The Bertz CT molecular complexity index is 781. The number of amides is 1. The van der Waals surface area contributed by atoms with E-state index in [2.05, 4.69) is 52.3 Å². The van der Waals surface area contributed by atoms with Crippen LogP contribution in [0.15, 0.2) is 60.7 Å². The average Bonchev–Trinajstić information content (AvgIpc) is 3.61. The molecule has 0 aromatic heterocycles. The van der Waals surface area contributed by atoms with Crippen molar-refractivity contribution in [3.63, 3.8) is 0 Å². The van der Waals surface area contributed by atoms with Crippen LogP contribution >= 0.6 is 0 Å². The minimum absolute atomic E-state index is 0.194. The molecule has 1 saturated heterocycles. The van der Waals surface area contributed by atoms with E-state index >= 15 is 0 Å². The first kappa shape index (κ1) is 20.1. The van der Waals surface area contributed by atoms with Crippen molar-refractivity contribution >= 4 is 11.6 Å². The third kappa shape index (κ3) is 4.71. The van der Waals surface area contributed by atoms with Gasteiger partial charge in [0.1, 0.15) is 0 Å². The smallest absolute Gasteiger partial charge is 0.230 e. The standard InChI is InChI=1S/C25H32N2O2/c1-29-20-25(27(24(28)22-12-13-22)23-10-6-3-7-11-23)15-18-26(19-16-25)17-14-21-8-4-2-5-9-21/h2-11,22H,12-20H2,1H3. The van der Waals surface area contributed by atoms with E-state index in [9.17, 15) is 4.79 Å². The lowest BCUT2D eigenvalue weighted by atomic mass is 9.85. The van der Waals surface area contributed by atoms with Gasteiger partial charge in [0, 0.05) is 38.3 Å². The summed E-state index contributed by atoms with van der Waals surface area (Å²) in [4.78, 5) is 18.0. The Morgan fingerprint density at radius 2 is 1.66 bits per heavy atom. The molecule has 0 N–H and O–H groups in total. The Kier molecular flexibility index (Phi) is 6.31. The van der Waals surface area contributed by atoms with Crippen molar-refractivity contribution in [3.8, 4) is 0 Å². The number of carbonyl (C=O) groups is 1. The van der Waals surface area contributed by atoms with Gasteiger partial charge in [0.05, 0.1) is 12.1 Å². The molecule has 0 radical (unpaired) electrons. The van der Waals surface area contributed by atoms with E-state index < -0.39 is 0 Å². The summed E-state index contributed by atoms with van der Waals surface area (Å²) in [6.07, 6.45) is 5.01. The first-order valence-electron chi connectivity index (χ1n) is 10.9. The summed E-state index contributed by atoms with van der Waals surface area (Å²) in [7, 11) is 1.76. The molecule has 154 valence electrons. The lowest BCUT2D eigenvalue weighted by Gasteiger charge is -2.48. The molecule has 1 saturated carbocycles. The summed E-state index contributed by atoms with van der Waals surface area (Å²) < 4.78 is 5.69. The van der Waals surface area contributed by atoms with Crippen molar-refractivity contribution in [3.05, 3.63) is 66.2 Å². The normalized spacial score (nSPS) is 19.1. The van der Waals surface area contributed by atoms with E-state index in [1.807, 2.05) is 18.2 Å². The number of piperidine rings is 1. The van der Waals surface area contributed by atoms with Crippen LogP contribution in [0.25, 0.3) is 0 Å². The molecular weight excluding hydrogens is 360 g/mol. The molecule has 0 bridgehead atoms. The minimum Gasteiger partial charge on any atom is -0.382 e. The lowest BCUT2D eigenvalue weighted by Crippen LogP contribution is -2.60. The van der Waals surface area contributed by atoms with Crippen LogP contribution in [0.5, 0.6) is 0 Å². The van der Waals surface area contributed by atoms with Gasteiger partial charge in [0.2, 0.25) is 5.91 Å². The molecule has 1 aliphatic carbocycles. The highest BCUT2D eigenvalue weighted by Gasteiger charge is 2.46. The number of benzene rings is 2. The van der Waals surface area contributed by atoms with Gasteiger partial charge < -0.3 is 14.5 Å². The van der Waals surface area contributed by atoms with Crippen LogP contribution in [-0.4, -0.2) is 49.7 Å². The largest absolute Gasteiger partial charge is 0.382 e. The molecule has 1 amide bonds. The third-order valence-corrected chi connectivity index (χ3v) is 6.40. The van der Waals surface area contributed by atoms with Crippen molar-refractivity contribution in [2.45, 2.75) is 37.6 Å². The van der Waals surface area contributed by atoms with Crippen molar-refractivity contribution < 1.29 is 9.53 Å². The van der Waals surface area contributed by atoms with Crippen molar-refractivity contribution in [1.82, 2.24) is 4.90 Å². The summed E-state index contributed by atoms with van der Waals surface area (Å²) in [5, 5.41) is 0. The molecule has 0 spiro atoms. The maximum atomic E-state index is 13.3. The number of hydrogen-bond acceptors (Lipinski definition) is 3. The fourth-order valence-electron chi connectivity index (χ4n) is 4.55. The fourth-order valence-corrected chi connectivity index (χ4v) is 4.55. The monoisotopic (exact) mass is 392 g/mol. The topological polar surface area (TPSA) is 32.8 Å². The Morgan fingerprint density at radius 3 is 2.24 bits per heavy atom. The zero-order valence-corrected chi connectivity index (χ0v) is 17.4. The number of ether oxygens (including phenoxy) is 1. The van der Waals surface area contributed by atoms with Gasteiger partial charge in [0.15, 0.2) is 0 Å². The van der Waals surface area contributed by atoms with E-state index in [1.165, 1.54) is 5.56 Å². The predicted molar refractivity (Wildman–Crippen MR) is 117 cm³/mol. The number of likely N-dealkylation sites (tertiary alicyclic amines) is 1. The Balaban J connectivity index is 1.48. The van der Waals surface area contributed by atoms with Crippen LogP contribution in [0.4, 0.5) is 5.69 Å². The van der Waals surface area contributed by atoms with E-state index in [0.717, 1.165) is 57.4 Å². The number of rotatable bonds is 8. The molecule has 4 nitrogen and oxygen atoms in total. The highest BCUT2D eigenvalue weighted by atomic mass is 16.5. The van der Waals surface area contributed by atoms with Gasteiger partial charge >= 0.3 is 0 Å². The highest BCUT2D eigenvalue weighted by molar-refractivity contribution is 5.97. The van der Waals surface area contributed by atoms with Crippen molar-refractivity contribution in [1.29, 1.82) is 0 Å². The molecule has 1 heterocycles. The van der Waals surface area contributed by atoms with Crippen LogP contribution in [0.1, 0.15) is 31.2 Å². The Labute approximate surface area is 174 Å². The molecule has 0 atom stereocenters. The van der Waals surface area contributed by atoms with E-state index in [0.29, 0.717) is 6.61 Å². The molecule has 4 heteroatoms. The van der Waals surface area contributed by atoms with Gasteiger partial charge in [-0.15, -0.1) is 0 Å². The molecule has 2 fully saturated rings. The zero-order valence-electron chi connectivity index (χ0n) is 17.4. The first-order chi connectivity index (χ1) is 14.2. The van der Waals surface area contributed by atoms with Gasteiger partial charge in [-0.2, -0.15) is 0 Å². The molecule has 2 aromatic rings. The van der Waals surface area contributed by atoms with Gasteiger partial charge in [-0.3, -0.25) is 4.79 Å². The van der Waals surface area contributed by atoms with Crippen molar-refractivity contribution in [2.24, 2.45) is 5.92 Å². The predicted octanol–water partition coefficient (Wildman–Crippen LogP) is 4.15. The maximum absolute atomic E-state index is 13.3. The number of nitrogens with zero attached hydrogens (tertiary/aromatic N) is 2. The molecule has 29 heavy (non-hydrogen) atoms. The Hall–Kier alpha value is -2.17. The van der Waals surface area contributed by atoms with Gasteiger partial charge in [-0.05, 0) is 49.8 Å². The quantitative estimate of drug-likeness (QED) is 0.676. The molecule has 0 unspecified atom stereocenters. The third-order valence-electron chi connectivity index (χ3n) is 6.40. The summed E-state index contributed by atoms with van der Waals surface area (Å²) in [5.41, 5.74) is 2.15. The van der Waals surface area contributed by atoms with Crippen LogP contribution < -0.4 is 4.90 Å². The van der Waals surface area contributed by atoms with Gasteiger partial charge in [-0.1, -0.05) is 48.5 Å². The van der Waals surface area contributed by atoms with Crippen LogP contribution in [-0.2, 0) is 16.0 Å². The Morgan fingerprint density at radius 1 is 1.03 bits per heavy atom. The maximum Gasteiger partial charge on any atom is 0.230 e. The number of carbonyl (C=O) groups excluding carboxylic acids is 1. The highest BCUT2D eigenvalue weighted by Crippen LogP contribution is 2.40. The van der Waals surface area contributed by atoms with Crippen molar-refractivity contribution in [2.75, 3.05) is 38.3 Å². The molecular formula is C25H32N2O2. The van der Waals surface area contributed by atoms with Crippen LogP contribution in [0, 0.1) is 5.92 Å². The summed E-state index contributed by atoms with van der Waals surface area (Å²) >= 11 is 0. The minimum atomic E-state index is -0.251. The molecule has 2 aromatic carbocycles. The van der Waals surface area contributed by atoms with Gasteiger partial charge in [0.25, 0.3) is 0 Å². The summed E-state index contributed by atoms with van der Waals surface area (Å²) in [6.45, 7) is 3.65. The second kappa shape index (κ2) is 9.10. The van der Waals surface area contributed by atoms with E-state index in [1.54, 1.807) is 7.11 Å². The second-order valence-electron chi connectivity index (χ2n) is 8.52. The zero-order chi connectivity index (χ0) is 20.1. The number of anilines is 1. The summed E-state index contributed by atoms with van der Waals surface area (Å²) in [5.74, 6) is 0.478. The van der Waals surface area contributed by atoms with E-state index in [-0.39, 0.29) is 17.4 Å². The van der Waals surface area contributed by atoms with Crippen LogP contribution in [0.2, 0.25) is 0 Å². The van der Waals surface area contributed by atoms with E-state index in [4.69, 9.17) is 4.74 Å². The lowest BCUT2D eigenvalue weighted by molar-refractivity contribution is -0.122. The van der Waals surface area contributed by atoms with Crippen LogP contribution in [0.3, 0.4) is 0 Å². The summed E-state index contributed by atoms with van der Waals surface area (Å²) in [6, 6.07) is 20.9. The van der Waals surface area contributed by atoms with Gasteiger partial charge in [-0.25, -0.2) is 0 Å². The SMILES string of the molecule is COCC1(N(C(=O)C2CC2)c2ccccc2)CCN(CCc2ccccc2)CC1. The number of para-hydroxylation sites is 1. The number of hydrogen-bond donors (Lipinski definition) is 0. The fraction of sp³-hybridized carbons (Fsp3) is 0.480. The molecule has 2 aliphatic rings. The molecule has 1 aliphatic heterocycles. The molecule has 4 rings (SSSR count). The average molecular weight is 393 g/mol. The number of methoxy groups -OCH3 is 1. The second-order valence-corrected chi connectivity index (χ2v) is 8.52. The first-order valence-corrected chi connectivity index (χ1v) is 10.9.